The highest BCUT2D eigenvalue weighted by Crippen LogP contribution is 2.28. The fourth-order valence-corrected chi connectivity index (χ4v) is 4.84. The molecule has 0 atom stereocenters. The van der Waals surface area contributed by atoms with Gasteiger partial charge in [-0.15, -0.1) is 11.8 Å². The summed E-state index contributed by atoms with van der Waals surface area (Å²) in [5.41, 5.74) is 1.74. The molecule has 0 saturated carbocycles. The van der Waals surface area contributed by atoms with Crippen LogP contribution in [0.3, 0.4) is 0 Å². The number of thioether (sulfide) groups is 1. The molecule has 0 radical (unpaired) electrons. The number of amides is 1. The summed E-state index contributed by atoms with van der Waals surface area (Å²) in [7, 11) is -3.61. The Bertz CT molecular complexity index is 1110. The van der Waals surface area contributed by atoms with Crippen LogP contribution in [0.5, 0.6) is 0 Å². The van der Waals surface area contributed by atoms with Crippen molar-refractivity contribution < 1.29 is 13.2 Å². The summed E-state index contributed by atoms with van der Waals surface area (Å²) in [6.45, 7) is 2.32. The Balaban J connectivity index is 1.57. The Morgan fingerprint density at radius 1 is 1.00 bits per heavy atom. The van der Waals surface area contributed by atoms with Crippen LogP contribution >= 0.6 is 11.8 Å². The van der Waals surface area contributed by atoms with E-state index in [0.717, 1.165) is 29.2 Å². The van der Waals surface area contributed by atoms with E-state index in [0.29, 0.717) is 12.2 Å². The predicted molar refractivity (Wildman–Crippen MR) is 126 cm³/mol. The van der Waals surface area contributed by atoms with Crippen LogP contribution in [0.2, 0.25) is 0 Å². The quantitative estimate of drug-likeness (QED) is 0.398. The fourth-order valence-electron chi connectivity index (χ4n) is 3.12. The van der Waals surface area contributed by atoms with E-state index in [1.807, 2.05) is 30.3 Å². The van der Waals surface area contributed by atoms with Gasteiger partial charge in [-0.1, -0.05) is 54.1 Å². The topological polar surface area (TPSA) is 66.5 Å². The first kappa shape index (κ1) is 22.2. The van der Waals surface area contributed by atoms with Gasteiger partial charge in [0.1, 0.15) is 6.54 Å². The van der Waals surface area contributed by atoms with Gasteiger partial charge < -0.3 is 5.32 Å². The SMILES string of the molecule is Cc1ccc(SCCCNC(=O)CN(c2cccc3ccccc23)S(C)(=O)=O)cc1. The number of benzene rings is 3. The lowest BCUT2D eigenvalue weighted by atomic mass is 10.1. The summed E-state index contributed by atoms with van der Waals surface area (Å²) < 4.78 is 26.0. The number of hydrogen-bond acceptors (Lipinski definition) is 4. The molecular weight excluding hydrogens is 416 g/mol. The molecule has 0 aromatic heterocycles. The van der Waals surface area contributed by atoms with Gasteiger partial charge in [0.25, 0.3) is 0 Å². The van der Waals surface area contributed by atoms with E-state index in [1.54, 1.807) is 23.9 Å². The third-order valence-corrected chi connectivity index (χ3v) is 6.88. The largest absolute Gasteiger partial charge is 0.354 e. The van der Waals surface area contributed by atoms with E-state index in [4.69, 9.17) is 0 Å². The molecule has 0 unspecified atom stereocenters. The first-order chi connectivity index (χ1) is 14.3. The second-order valence-electron chi connectivity index (χ2n) is 7.13. The average molecular weight is 443 g/mol. The molecular formula is C23H26N2O3S2. The highest BCUT2D eigenvalue weighted by molar-refractivity contribution is 7.99. The van der Waals surface area contributed by atoms with Crippen molar-refractivity contribution in [3.63, 3.8) is 0 Å². The lowest BCUT2D eigenvalue weighted by molar-refractivity contribution is -0.119. The van der Waals surface area contributed by atoms with Crippen LogP contribution in [0.25, 0.3) is 10.8 Å². The lowest BCUT2D eigenvalue weighted by Gasteiger charge is -2.23. The van der Waals surface area contributed by atoms with Gasteiger partial charge in [0.2, 0.25) is 15.9 Å². The average Bonchev–Trinajstić information content (AvgIpc) is 2.72. The van der Waals surface area contributed by atoms with E-state index in [9.17, 15) is 13.2 Å². The number of carbonyl (C=O) groups excluding carboxylic acids is 1. The number of nitrogens with one attached hydrogen (secondary N) is 1. The molecule has 0 aliphatic heterocycles. The molecule has 0 aliphatic carbocycles. The molecule has 3 aromatic carbocycles. The van der Waals surface area contributed by atoms with Crippen molar-refractivity contribution in [3.8, 4) is 0 Å². The molecule has 30 heavy (non-hydrogen) atoms. The molecule has 3 aromatic rings. The van der Waals surface area contributed by atoms with Gasteiger partial charge in [-0.2, -0.15) is 0 Å². The molecule has 7 heteroatoms. The minimum atomic E-state index is -3.61. The van der Waals surface area contributed by atoms with Gasteiger partial charge in [0.15, 0.2) is 0 Å². The summed E-state index contributed by atoms with van der Waals surface area (Å²) in [6.07, 6.45) is 1.93. The molecule has 0 fully saturated rings. The summed E-state index contributed by atoms with van der Waals surface area (Å²) in [5.74, 6) is 0.566. The Morgan fingerprint density at radius 2 is 1.70 bits per heavy atom. The minimum Gasteiger partial charge on any atom is -0.354 e. The van der Waals surface area contributed by atoms with Gasteiger partial charge in [-0.05, 0) is 42.7 Å². The van der Waals surface area contributed by atoms with Crippen LogP contribution in [-0.4, -0.2) is 39.4 Å². The zero-order chi connectivity index (χ0) is 21.6. The molecule has 0 heterocycles. The predicted octanol–water partition coefficient (Wildman–Crippen LogP) is 4.21. The molecule has 1 N–H and O–H groups in total. The van der Waals surface area contributed by atoms with Crippen molar-refractivity contribution in [3.05, 3.63) is 72.3 Å². The van der Waals surface area contributed by atoms with Crippen molar-refractivity contribution >= 4 is 44.2 Å². The Morgan fingerprint density at radius 3 is 2.43 bits per heavy atom. The maximum Gasteiger partial charge on any atom is 0.240 e. The summed E-state index contributed by atoms with van der Waals surface area (Å²) >= 11 is 1.74. The summed E-state index contributed by atoms with van der Waals surface area (Å²) in [6, 6.07) is 21.3. The Kier molecular flexibility index (Phi) is 7.39. The number of aryl methyl sites for hydroxylation is 1. The van der Waals surface area contributed by atoms with Crippen LogP contribution in [0.4, 0.5) is 5.69 Å². The van der Waals surface area contributed by atoms with Crippen molar-refractivity contribution in [1.82, 2.24) is 5.32 Å². The number of sulfonamides is 1. The van der Waals surface area contributed by atoms with E-state index in [2.05, 4.69) is 36.5 Å². The van der Waals surface area contributed by atoms with Gasteiger partial charge in [0.05, 0.1) is 11.9 Å². The molecule has 0 aliphatic rings. The van der Waals surface area contributed by atoms with Crippen molar-refractivity contribution in [1.29, 1.82) is 0 Å². The zero-order valence-electron chi connectivity index (χ0n) is 17.2. The van der Waals surface area contributed by atoms with E-state index >= 15 is 0 Å². The third-order valence-electron chi connectivity index (χ3n) is 4.66. The van der Waals surface area contributed by atoms with Crippen molar-refractivity contribution in [2.24, 2.45) is 0 Å². The maximum atomic E-state index is 12.5. The molecule has 3 rings (SSSR count). The van der Waals surface area contributed by atoms with Crippen LogP contribution in [0.15, 0.2) is 71.6 Å². The van der Waals surface area contributed by atoms with Crippen molar-refractivity contribution in [2.45, 2.75) is 18.2 Å². The van der Waals surface area contributed by atoms with Gasteiger partial charge in [-0.3, -0.25) is 9.10 Å². The number of rotatable bonds is 9. The smallest absolute Gasteiger partial charge is 0.240 e. The first-order valence-corrected chi connectivity index (χ1v) is 12.6. The molecule has 0 saturated heterocycles. The first-order valence-electron chi connectivity index (χ1n) is 9.76. The second kappa shape index (κ2) is 10.00. The van der Waals surface area contributed by atoms with Crippen LogP contribution in [0.1, 0.15) is 12.0 Å². The van der Waals surface area contributed by atoms with Gasteiger partial charge >= 0.3 is 0 Å². The molecule has 0 bridgehead atoms. The number of carbonyl (C=O) groups is 1. The van der Waals surface area contributed by atoms with E-state index < -0.39 is 10.0 Å². The molecule has 0 spiro atoms. The Hall–Kier alpha value is -2.51. The summed E-state index contributed by atoms with van der Waals surface area (Å²) in [4.78, 5) is 13.7. The fraction of sp³-hybridized carbons (Fsp3) is 0.261. The van der Waals surface area contributed by atoms with Crippen LogP contribution < -0.4 is 9.62 Å². The Labute approximate surface area is 182 Å². The number of anilines is 1. The number of hydrogen-bond donors (Lipinski definition) is 1. The standard InChI is InChI=1S/C23H26N2O3S2/c1-18-11-13-20(14-12-18)29-16-6-15-24-23(26)17-25(30(2,27)28)22-10-5-8-19-7-3-4-9-21(19)22/h3-5,7-14H,6,15-17H2,1-2H3,(H,24,26). The van der Waals surface area contributed by atoms with Gasteiger partial charge in [-0.25, -0.2) is 8.42 Å². The zero-order valence-corrected chi connectivity index (χ0v) is 18.8. The molecule has 5 nitrogen and oxygen atoms in total. The monoisotopic (exact) mass is 442 g/mol. The third kappa shape index (κ3) is 6.00. The van der Waals surface area contributed by atoms with E-state index in [-0.39, 0.29) is 12.5 Å². The number of fused-ring (bicyclic) bond motifs is 1. The van der Waals surface area contributed by atoms with Gasteiger partial charge in [0, 0.05) is 16.8 Å². The number of nitrogens with zero attached hydrogens (tertiary/aromatic N) is 1. The normalized spacial score (nSPS) is 11.4. The van der Waals surface area contributed by atoms with E-state index in [1.165, 1.54) is 14.8 Å². The van der Waals surface area contributed by atoms with Crippen LogP contribution in [-0.2, 0) is 14.8 Å². The highest BCUT2D eigenvalue weighted by atomic mass is 32.2. The molecule has 158 valence electrons. The minimum absolute atomic E-state index is 0.238. The highest BCUT2D eigenvalue weighted by Gasteiger charge is 2.22. The molecule has 1 amide bonds. The van der Waals surface area contributed by atoms with Crippen molar-refractivity contribution in [2.75, 3.05) is 29.4 Å². The lowest BCUT2D eigenvalue weighted by Crippen LogP contribution is -2.40. The van der Waals surface area contributed by atoms with Crippen LogP contribution in [0, 0.1) is 6.92 Å². The summed E-state index contributed by atoms with van der Waals surface area (Å²) in [5, 5.41) is 4.57. The second-order valence-corrected chi connectivity index (χ2v) is 10.2. The maximum absolute atomic E-state index is 12.5.